The molecule has 0 fully saturated rings. The fourth-order valence-electron chi connectivity index (χ4n) is 13.8. The van der Waals surface area contributed by atoms with E-state index in [9.17, 15) is 57.6 Å². The molecule has 10 aromatic carbocycles. The molecular weight excluding hydrogens is 2280 g/mol. The third kappa shape index (κ3) is 24.4. The SMILES string of the molecule is CCCN(Cc1ccc2c(C(=O)c3cc(Br)c(C)c(Br)c3)c(CC)oc2c1)S(=O)(=O)c1ccc(S(C)(=O)=O)cc1.CCCNCc1ccc2c(C(=O)c3cc(Br)c(C)c(Br)c3)c(CC)oc2c1.CCc1oc2cc(C=O)ccc2c1C(=O)c1cc(Br)c(OC)c(Br)c1.CCc1oc2ccccc2c1C(=O)c1cc(Br)c(OC)c(Br)c1.CS(=O)(=O)c1ccc(S(=O)(=O)Cl)cc1. The molecule has 0 bridgehead atoms. The van der Waals surface area contributed by atoms with Gasteiger partial charge < -0.3 is 32.5 Å². The molecule has 4 heterocycles. The predicted molar refractivity (Wildman–Crippen MR) is 533 cm³/mol. The molecule has 0 saturated carbocycles. The zero-order chi connectivity index (χ0) is 94.6. The topological polar surface area (TPSA) is 308 Å². The van der Waals surface area contributed by atoms with Crippen molar-refractivity contribution in [2.45, 2.75) is 127 Å². The van der Waals surface area contributed by atoms with Crippen LogP contribution in [0.5, 0.6) is 11.5 Å². The van der Waals surface area contributed by atoms with E-state index in [4.69, 9.17) is 37.8 Å². The van der Waals surface area contributed by atoms with E-state index in [1.807, 2.05) is 97.0 Å². The average molecular weight is 2360 g/mol. The Labute approximate surface area is 820 Å². The lowest BCUT2D eigenvalue weighted by Gasteiger charge is -2.22. The van der Waals surface area contributed by atoms with Gasteiger partial charge in [-0.2, -0.15) is 4.31 Å². The number of furan rings is 4. The molecule has 0 atom stereocenters. The Morgan fingerprint density at radius 2 is 0.729 bits per heavy atom. The average Bonchev–Trinajstić information content (AvgIpc) is 1.64. The van der Waals surface area contributed by atoms with E-state index >= 15 is 0 Å². The van der Waals surface area contributed by atoms with Crippen molar-refractivity contribution in [3.8, 4) is 11.5 Å². The van der Waals surface area contributed by atoms with Gasteiger partial charge in [-0.25, -0.2) is 33.7 Å². The van der Waals surface area contributed by atoms with Crippen molar-refractivity contribution in [1.82, 2.24) is 9.62 Å². The zero-order valence-electron chi connectivity index (χ0n) is 71.6. The van der Waals surface area contributed by atoms with Crippen LogP contribution in [0.4, 0.5) is 0 Å². The van der Waals surface area contributed by atoms with Gasteiger partial charge in [-0.1, -0.05) is 154 Å². The van der Waals surface area contributed by atoms with Crippen LogP contribution >= 0.6 is 138 Å². The van der Waals surface area contributed by atoms with E-state index in [0.717, 1.165) is 122 Å². The lowest BCUT2D eigenvalue weighted by atomic mass is 9.98. The Morgan fingerprint density at radius 1 is 0.403 bits per heavy atom. The van der Waals surface area contributed by atoms with E-state index in [2.05, 4.69) is 146 Å². The lowest BCUT2D eigenvalue weighted by molar-refractivity contribution is 0.103. The number of rotatable bonds is 28. The van der Waals surface area contributed by atoms with Crippen LogP contribution in [0.15, 0.2) is 249 Å². The van der Waals surface area contributed by atoms with Crippen LogP contribution in [-0.4, -0.2) is 107 Å². The summed E-state index contributed by atoms with van der Waals surface area (Å²) in [4.78, 5) is 64.1. The van der Waals surface area contributed by atoms with Crippen molar-refractivity contribution < 1.29 is 84.8 Å². The zero-order valence-corrected chi connectivity index (χ0v) is 88.3. The summed E-state index contributed by atoms with van der Waals surface area (Å²) in [5.74, 6) is 3.53. The van der Waals surface area contributed by atoms with Crippen LogP contribution in [0.2, 0.25) is 0 Å². The minimum absolute atomic E-state index is 0.0103. The maximum Gasteiger partial charge on any atom is 0.261 e. The number of sulfone groups is 2. The summed E-state index contributed by atoms with van der Waals surface area (Å²) in [6.45, 7) is 18.0. The number of fused-ring (bicyclic) bond motifs is 4. The van der Waals surface area contributed by atoms with Crippen molar-refractivity contribution in [3.63, 3.8) is 0 Å². The highest BCUT2D eigenvalue weighted by Gasteiger charge is 2.31. The van der Waals surface area contributed by atoms with Crippen molar-refractivity contribution in [2.24, 2.45) is 0 Å². The number of ether oxygens (including phenoxy) is 2. The van der Waals surface area contributed by atoms with Gasteiger partial charge in [-0.05, 0) is 247 Å². The maximum absolute atomic E-state index is 13.6. The number of hydrogen-bond donors (Lipinski definition) is 1. The molecule has 1 N–H and O–H groups in total. The molecule has 34 heteroatoms. The highest BCUT2D eigenvalue weighted by atomic mass is 79.9. The number of ketones is 4. The summed E-state index contributed by atoms with van der Waals surface area (Å²) in [6, 6.07) is 48.5. The lowest BCUT2D eigenvalue weighted by Crippen LogP contribution is -2.31. The second kappa shape index (κ2) is 44.8. The van der Waals surface area contributed by atoms with Gasteiger partial charge in [0.05, 0.1) is 73.9 Å². The number of carbonyl (C=O) groups excluding carboxylic acids is 5. The predicted octanol–water partition coefficient (Wildman–Crippen LogP) is 26.0. The molecule has 14 aromatic rings. The van der Waals surface area contributed by atoms with Gasteiger partial charge in [0.1, 0.15) is 63.2 Å². The van der Waals surface area contributed by atoms with Crippen LogP contribution in [-0.2, 0) is 77.5 Å². The number of aldehydes is 1. The fraction of sp³-hybridized carbons (Fsp3) is 0.232. The molecule has 0 unspecified atom stereocenters. The van der Waals surface area contributed by atoms with Gasteiger partial charge in [-0.15, -0.1) is 0 Å². The molecule has 129 heavy (non-hydrogen) atoms. The Morgan fingerprint density at radius 3 is 1.08 bits per heavy atom. The number of sulfonamides is 1. The van der Waals surface area contributed by atoms with Crippen LogP contribution in [0.1, 0.15) is 174 Å². The first-order valence-corrected chi connectivity index (χ1v) is 53.9. The highest BCUT2D eigenvalue weighted by molar-refractivity contribution is 9.12. The first-order chi connectivity index (χ1) is 61.0. The molecule has 0 saturated heterocycles. The molecule has 0 amide bonds. The molecule has 0 aliphatic carbocycles. The molecule has 0 radical (unpaired) electrons. The monoisotopic (exact) mass is 2350 g/mol. The van der Waals surface area contributed by atoms with Gasteiger partial charge in [-0.3, -0.25) is 24.0 Å². The minimum atomic E-state index is -3.90. The van der Waals surface area contributed by atoms with Gasteiger partial charge in [0, 0.05) is 136 Å². The van der Waals surface area contributed by atoms with Crippen LogP contribution in [0.3, 0.4) is 0 Å². The third-order valence-electron chi connectivity index (χ3n) is 20.5. The van der Waals surface area contributed by atoms with Gasteiger partial charge in [0.2, 0.25) is 10.0 Å². The van der Waals surface area contributed by atoms with Crippen molar-refractivity contribution >= 4 is 250 Å². The molecule has 0 aliphatic heterocycles. The minimum Gasteiger partial charge on any atom is -0.494 e. The summed E-state index contributed by atoms with van der Waals surface area (Å²) >= 11 is 27.9. The molecule has 4 aromatic heterocycles. The molecular formula is C95H87Br8ClN2O19S4. The second-order valence-corrected chi connectivity index (χ2v) is 44.7. The van der Waals surface area contributed by atoms with Crippen molar-refractivity contribution in [3.05, 3.63) is 307 Å². The summed E-state index contributed by atoms with van der Waals surface area (Å²) in [7, 11) is -6.24. The number of methoxy groups -OCH3 is 2. The van der Waals surface area contributed by atoms with Gasteiger partial charge in [0.15, 0.2) is 42.8 Å². The number of halogens is 9. The van der Waals surface area contributed by atoms with Gasteiger partial charge in [0.25, 0.3) is 9.05 Å². The first-order valence-electron chi connectivity index (χ1n) is 40.0. The number of nitrogens with zero attached hydrogens (tertiary/aromatic N) is 1. The number of aryl methyl sites for hydroxylation is 4. The summed E-state index contributed by atoms with van der Waals surface area (Å²) in [5.41, 5.74) is 11.6. The third-order valence-corrected chi connectivity index (χ3v) is 31.6. The summed E-state index contributed by atoms with van der Waals surface area (Å²) in [5, 5.41) is 6.49. The Balaban J connectivity index is 0.000000174. The normalized spacial score (nSPS) is 11.6. The number of carbonyl (C=O) groups is 5. The van der Waals surface area contributed by atoms with E-state index < -0.39 is 38.7 Å². The number of benzene rings is 10. The van der Waals surface area contributed by atoms with Crippen LogP contribution in [0, 0.1) is 13.8 Å². The molecule has 678 valence electrons. The van der Waals surface area contributed by atoms with Crippen LogP contribution in [0.25, 0.3) is 43.9 Å². The van der Waals surface area contributed by atoms with E-state index in [0.29, 0.717) is 147 Å². The Bertz CT molecular complexity index is 6990. The van der Waals surface area contributed by atoms with E-state index in [1.165, 1.54) is 40.7 Å². The van der Waals surface area contributed by atoms with E-state index in [-0.39, 0.29) is 55.8 Å². The molecule has 0 aliphatic rings. The second-order valence-electron chi connectivity index (χ2n) is 29.4. The number of nitrogens with one attached hydrogen (secondary N) is 1. The molecule has 0 spiro atoms. The molecule has 21 nitrogen and oxygen atoms in total. The maximum atomic E-state index is 13.6. The standard InChI is InChI=1S/C29H29Br2NO6S2.C22H23Br2NO2.C19H14Br2O4.C18H14Br2O3.C7H7ClO4S2/c1-5-13-32(40(36,37)22-10-8-21(9-11-22)39(4,34)35)17-19-7-12-23-27(14-19)38-26(6-2)28(23)29(33)20-15-24(30)18(3)25(31)16-20;1-4-8-25-12-14-6-7-16-20(9-14)27-19(5-2)21(16)22(26)15-10-17(23)13(3)18(24)11-15;1-3-15-17(12-5-4-10(9-22)6-16(12)25-15)18(23)11-7-13(20)19(24-2)14(21)8-11;1-3-14-16(11-6-4-5-7-15(11)23-14)17(21)10-8-12(19)18(22-2)13(20)9-10;1-13(9,10)6-2-4-7(5-3-6)14(8,11)12/h7-12,14-16H,5-6,13,17H2,1-4H3;6-7,9-11,25H,4-5,8,12H2,1-3H3;4-9H,3H2,1-2H3;4-9H,3H2,1-2H3;2-5H,1H3. The fourth-order valence-corrected chi connectivity index (χ4v) is 22.8. The Hall–Kier alpha value is -7.84. The number of hydrogen-bond acceptors (Lipinski definition) is 20. The van der Waals surface area contributed by atoms with E-state index in [1.54, 1.807) is 87.0 Å². The largest absolute Gasteiger partial charge is 0.494 e. The van der Waals surface area contributed by atoms with Crippen LogP contribution < -0.4 is 14.8 Å². The first kappa shape index (κ1) is 103. The smallest absolute Gasteiger partial charge is 0.261 e. The quantitative estimate of drug-likeness (QED) is 0.0206. The van der Waals surface area contributed by atoms with Crippen molar-refractivity contribution in [1.29, 1.82) is 0 Å². The summed E-state index contributed by atoms with van der Waals surface area (Å²) in [6.07, 6.45) is 6.98. The van der Waals surface area contributed by atoms with Crippen molar-refractivity contribution in [2.75, 3.05) is 39.8 Å². The molecule has 14 rings (SSSR count). The Kier molecular flexibility index (Phi) is 35.9. The summed E-state index contributed by atoms with van der Waals surface area (Å²) < 4.78 is 136. The number of para-hydroxylation sites is 1. The highest BCUT2D eigenvalue weighted by Crippen LogP contribution is 2.42. The van der Waals surface area contributed by atoms with Gasteiger partial charge >= 0.3 is 0 Å².